The van der Waals surface area contributed by atoms with Crippen LogP contribution in [-0.4, -0.2) is 9.97 Å². The second-order valence-electron chi connectivity index (χ2n) is 4.79. The Bertz CT molecular complexity index is 907. The lowest BCUT2D eigenvalue weighted by Crippen LogP contribution is -1.82. The fourth-order valence-electron chi connectivity index (χ4n) is 2.65. The summed E-state index contributed by atoms with van der Waals surface area (Å²) < 4.78 is 0. The van der Waals surface area contributed by atoms with Gasteiger partial charge in [0.05, 0.1) is 11.7 Å². The van der Waals surface area contributed by atoms with Gasteiger partial charge >= 0.3 is 0 Å². The van der Waals surface area contributed by atoms with Crippen LogP contribution in [0.15, 0.2) is 60.9 Å². The average Bonchev–Trinajstić information content (AvgIpc) is 2.86. The molecule has 0 fully saturated rings. The number of hydrogen-bond acceptors (Lipinski definition) is 1. The van der Waals surface area contributed by atoms with Gasteiger partial charge < -0.3 is 4.98 Å². The molecular weight excluding hydrogens is 268 g/mol. The minimum atomic E-state index is 0.743. The Morgan fingerprint density at radius 2 is 1.65 bits per heavy atom. The molecule has 4 aromatic rings. The summed E-state index contributed by atoms with van der Waals surface area (Å²) in [6, 6.07) is 16.2. The third-order valence-corrected chi connectivity index (χ3v) is 3.82. The number of hydrogen-bond donors (Lipinski definition) is 1. The van der Waals surface area contributed by atoms with E-state index in [0.29, 0.717) is 0 Å². The molecule has 0 aliphatic heterocycles. The zero-order valence-corrected chi connectivity index (χ0v) is 11.4. The number of rotatable bonds is 1. The molecule has 0 spiro atoms. The number of benzene rings is 2. The van der Waals surface area contributed by atoms with Crippen molar-refractivity contribution in [3.05, 3.63) is 65.9 Å². The number of fused-ring (bicyclic) bond motifs is 3. The highest BCUT2D eigenvalue weighted by molar-refractivity contribution is 6.30. The van der Waals surface area contributed by atoms with Crippen LogP contribution in [0.25, 0.3) is 32.9 Å². The lowest BCUT2D eigenvalue weighted by atomic mass is 10.0. The van der Waals surface area contributed by atoms with Crippen LogP contribution in [0, 0.1) is 0 Å². The third-order valence-electron chi connectivity index (χ3n) is 3.57. The Morgan fingerprint density at radius 1 is 0.850 bits per heavy atom. The van der Waals surface area contributed by atoms with Crippen molar-refractivity contribution in [2.75, 3.05) is 0 Å². The van der Waals surface area contributed by atoms with Crippen molar-refractivity contribution in [1.82, 2.24) is 9.97 Å². The van der Waals surface area contributed by atoms with Gasteiger partial charge in [-0.3, -0.25) is 4.98 Å². The Labute approximate surface area is 121 Å². The number of aromatic amines is 1. The molecule has 20 heavy (non-hydrogen) atoms. The van der Waals surface area contributed by atoms with Crippen molar-refractivity contribution in [3.8, 4) is 11.1 Å². The standard InChI is InChI=1S/C17H11ClN2/c18-12-7-5-11(6-8-12)14-9-19-10-16-17(14)13-3-1-2-4-15(13)20-16/h1-10,20H. The van der Waals surface area contributed by atoms with Crippen LogP contribution >= 0.6 is 11.6 Å². The molecule has 0 unspecified atom stereocenters. The summed E-state index contributed by atoms with van der Waals surface area (Å²) in [7, 11) is 0. The Kier molecular flexibility index (Phi) is 2.51. The van der Waals surface area contributed by atoms with E-state index in [2.05, 4.69) is 28.2 Å². The van der Waals surface area contributed by atoms with Gasteiger partial charge in [0.25, 0.3) is 0 Å². The first-order chi connectivity index (χ1) is 9.83. The lowest BCUT2D eigenvalue weighted by molar-refractivity contribution is 1.35. The van der Waals surface area contributed by atoms with E-state index in [1.807, 2.05) is 42.7 Å². The second kappa shape index (κ2) is 4.36. The molecule has 0 saturated carbocycles. The molecule has 2 aromatic carbocycles. The number of halogens is 1. The van der Waals surface area contributed by atoms with Gasteiger partial charge in [-0.2, -0.15) is 0 Å². The molecule has 0 amide bonds. The molecule has 4 rings (SSSR count). The van der Waals surface area contributed by atoms with Gasteiger partial charge in [-0.25, -0.2) is 0 Å². The van der Waals surface area contributed by atoms with Crippen molar-refractivity contribution in [3.63, 3.8) is 0 Å². The highest BCUT2D eigenvalue weighted by Gasteiger charge is 2.10. The van der Waals surface area contributed by atoms with E-state index in [0.717, 1.165) is 27.2 Å². The van der Waals surface area contributed by atoms with Gasteiger partial charge in [0.2, 0.25) is 0 Å². The minimum absolute atomic E-state index is 0.743. The number of aromatic nitrogens is 2. The van der Waals surface area contributed by atoms with E-state index >= 15 is 0 Å². The molecule has 2 heterocycles. The van der Waals surface area contributed by atoms with E-state index < -0.39 is 0 Å². The fraction of sp³-hybridized carbons (Fsp3) is 0. The molecular formula is C17H11ClN2. The number of nitrogens with zero attached hydrogens (tertiary/aromatic N) is 1. The number of para-hydroxylation sites is 1. The summed E-state index contributed by atoms with van der Waals surface area (Å²) in [6.45, 7) is 0. The molecule has 3 heteroatoms. The molecule has 0 aliphatic carbocycles. The van der Waals surface area contributed by atoms with E-state index in [1.165, 1.54) is 10.8 Å². The van der Waals surface area contributed by atoms with Gasteiger partial charge in [0.1, 0.15) is 0 Å². The van der Waals surface area contributed by atoms with Crippen LogP contribution in [0.3, 0.4) is 0 Å². The van der Waals surface area contributed by atoms with Crippen LogP contribution in [0.2, 0.25) is 5.02 Å². The van der Waals surface area contributed by atoms with E-state index in [4.69, 9.17) is 11.6 Å². The molecule has 0 atom stereocenters. The van der Waals surface area contributed by atoms with Crippen LogP contribution in [-0.2, 0) is 0 Å². The lowest BCUT2D eigenvalue weighted by Gasteiger charge is -2.04. The predicted octanol–water partition coefficient (Wildman–Crippen LogP) is 5.04. The maximum absolute atomic E-state index is 5.97. The number of nitrogens with one attached hydrogen (secondary N) is 1. The molecule has 2 aromatic heterocycles. The smallest absolute Gasteiger partial charge is 0.0657 e. The Morgan fingerprint density at radius 3 is 2.50 bits per heavy atom. The summed E-state index contributed by atoms with van der Waals surface area (Å²) in [6.07, 6.45) is 3.78. The third kappa shape index (κ3) is 1.69. The predicted molar refractivity (Wildman–Crippen MR) is 84.0 cm³/mol. The topological polar surface area (TPSA) is 28.7 Å². The van der Waals surface area contributed by atoms with Crippen LogP contribution in [0.1, 0.15) is 0 Å². The molecule has 0 radical (unpaired) electrons. The van der Waals surface area contributed by atoms with Gasteiger partial charge in [0.15, 0.2) is 0 Å². The van der Waals surface area contributed by atoms with Crippen LogP contribution < -0.4 is 0 Å². The molecule has 96 valence electrons. The van der Waals surface area contributed by atoms with Crippen LogP contribution in [0.5, 0.6) is 0 Å². The zero-order chi connectivity index (χ0) is 13.5. The summed E-state index contributed by atoms with van der Waals surface area (Å²) in [5, 5.41) is 3.17. The highest BCUT2D eigenvalue weighted by atomic mass is 35.5. The van der Waals surface area contributed by atoms with Crippen molar-refractivity contribution in [1.29, 1.82) is 0 Å². The monoisotopic (exact) mass is 278 g/mol. The van der Waals surface area contributed by atoms with E-state index in [1.54, 1.807) is 0 Å². The van der Waals surface area contributed by atoms with Gasteiger partial charge in [-0.05, 0) is 23.8 Å². The first-order valence-electron chi connectivity index (χ1n) is 6.43. The van der Waals surface area contributed by atoms with Crippen molar-refractivity contribution < 1.29 is 0 Å². The number of pyridine rings is 1. The maximum Gasteiger partial charge on any atom is 0.0657 e. The Hall–Kier alpha value is -2.32. The van der Waals surface area contributed by atoms with Crippen LogP contribution in [0.4, 0.5) is 0 Å². The Balaban J connectivity index is 2.11. The van der Waals surface area contributed by atoms with Gasteiger partial charge in [-0.1, -0.05) is 41.9 Å². The SMILES string of the molecule is Clc1ccc(-c2cncc3[nH]c4ccccc4c23)cc1. The summed E-state index contributed by atoms with van der Waals surface area (Å²) in [4.78, 5) is 7.75. The van der Waals surface area contributed by atoms with E-state index in [-0.39, 0.29) is 0 Å². The molecule has 0 saturated heterocycles. The van der Waals surface area contributed by atoms with Crippen molar-refractivity contribution >= 4 is 33.4 Å². The van der Waals surface area contributed by atoms with E-state index in [9.17, 15) is 0 Å². The highest BCUT2D eigenvalue weighted by Crippen LogP contribution is 2.33. The quantitative estimate of drug-likeness (QED) is 0.519. The summed E-state index contributed by atoms with van der Waals surface area (Å²) in [5.41, 5.74) is 4.43. The second-order valence-corrected chi connectivity index (χ2v) is 5.22. The maximum atomic E-state index is 5.97. The molecule has 0 bridgehead atoms. The summed E-state index contributed by atoms with van der Waals surface area (Å²) in [5.74, 6) is 0. The summed E-state index contributed by atoms with van der Waals surface area (Å²) >= 11 is 5.97. The van der Waals surface area contributed by atoms with Crippen molar-refractivity contribution in [2.45, 2.75) is 0 Å². The number of H-pyrrole nitrogens is 1. The molecule has 0 aliphatic rings. The van der Waals surface area contributed by atoms with Gasteiger partial charge in [-0.15, -0.1) is 0 Å². The van der Waals surface area contributed by atoms with Gasteiger partial charge in [0, 0.05) is 33.1 Å². The van der Waals surface area contributed by atoms with Crippen molar-refractivity contribution in [2.24, 2.45) is 0 Å². The minimum Gasteiger partial charge on any atom is -0.353 e. The molecule has 2 nitrogen and oxygen atoms in total. The normalized spacial score (nSPS) is 11.2. The molecule has 1 N–H and O–H groups in total. The average molecular weight is 279 g/mol. The zero-order valence-electron chi connectivity index (χ0n) is 10.6. The first kappa shape index (κ1) is 11.5. The fourth-order valence-corrected chi connectivity index (χ4v) is 2.77. The largest absolute Gasteiger partial charge is 0.353 e. The first-order valence-corrected chi connectivity index (χ1v) is 6.81.